The first-order chi connectivity index (χ1) is 14.8. The third-order valence-electron chi connectivity index (χ3n) is 5.71. The van der Waals surface area contributed by atoms with Crippen molar-refractivity contribution in [1.29, 1.82) is 0 Å². The summed E-state index contributed by atoms with van der Waals surface area (Å²) in [5, 5.41) is 9.38. The molecule has 1 aliphatic heterocycles. The summed E-state index contributed by atoms with van der Waals surface area (Å²) < 4.78 is 7.77. The van der Waals surface area contributed by atoms with E-state index in [9.17, 15) is 5.11 Å². The SMILES string of the molecule is OCc1ccc(-c2nc3ccc(-c4ccccc4)cn3c2CN2CCOCC2)cc1. The van der Waals surface area contributed by atoms with E-state index >= 15 is 0 Å². The van der Waals surface area contributed by atoms with Crippen LogP contribution in [0.3, 0.4) is 0 Å². The summed E-state index contributed by atoms with van der Waals surface area (Å²) >= 11 is 0. The molecule has 0 unspecified atom stereocenters. The van der Waals surface area contributed by atoms with Gasteiger partial charge >= 0.3 is 0 Å². The maximum Gasteiger partial charge on any atom is 0.137 e. The molecule has 0 spiro atoms. The van der Waals surface area contributed by atoms with Crippen LogP contribution in [0.2, 0.25) is 0 Å². The fourth-order valence-corrected chi connectivity index (χ4v) is 4.02. The summed E-state index contributed by atoms with van der Waals surface area (Å²) in [7, 11) is 0. The van der Waals surface area contributed by atoms with E-state index in [-0.39, 0.29) is 6.61 Å². The molecule has 1 fully saturated rings. The van der Waals surface area contributed by atoms with Crippen molar-refractivity contribution < 1.29 is 9.84 Å². The first-order valence-corrected chi connectivity index (χ1v) is 10.4. The molecular formula is C25H25N3O2. The minimum atomic E-state index is 0.0481. The van der Waals surface area contributed by atoms with Gasteiger partial charge in [0.05, 0.1) is 31.2 Å². The molecule has 152 valence electrons. The van der Waals surface area contributed by atoms with Gasteiger partial charge in [-0.3, -0.25) is 4.90 Å². The largest absolute Gasteiger partial charge is 0.392 e. The van der Waals surface area contributed by atoms with Crippen molar-refractivity contribution >= 4 is 5.65 Å². The summed E-state index contributed by atoms with van der Waals surface area (Å²) in [6.07, 6.45) is 2.19. The van der Waals surface area contributed by atoms with Crippen LogP contribution in [0, 0.1) is 0 Å². The highest BCUT2D eigenvalue weighted by Crippen LogP contribution is 2.29. The topological polar surface area (TPSA) is 50.0 Å². The molecule has 0 radical (unpaired) electrons. The van der Waals surface area contributed by atoms with Crippen molar-refractivity contribution in [3.63, 3.8) is 0 Å². The lowest BCUT2D eigenvalue weighted by Gasteiger charge is -2.26. The zero-order valence-electron chi connectivity index (χ0n) is 16.9. The highest BCUT2D eigenvalue weighted by atomic mass is 16.5. The number of imidazole rings is 1. The Morgan fingerprint density at radius 2 is 1.57 bits per heavy atom. The van der Waals surface area contributed by atoms with Gasteiger partial charge in [-0.1, -0.05) is 54.6 Å². The van der Waals surface area contributed by atoms with E-state index in [1.54, 1.807) is 0 Å². The molecule has 0 bridgehead atoms. The molecule has 5 nitrogen and oxygen atoms in total. The number of hydrogen-bond acceptors (Lipinski definition) is 4. The van der Waals surface area contributed by atoms with Crippen LogP contribution in [0.25, 0.3) is 28.0 Å². The van der Waals surface area contributed by atoms with Gasteiger partial charge in [0.25, 0.3) is 0 Å². The third kappa shape index (κ3) is 3.75. The van der Waals surface area contributed by atoms with Crippen LogP contribution in [-0.2, 0) is 17.9 Å². The molecule has 0 atom stereocenters. The first kappa shape index (κ1) is 19.0. The maximum atomic E-state index is 9.38. The van der Waals surface area contributed by atoms with Gasteiger partial charge in [-0.05, 0) is 28.8 Å². The molecule has 1 N–H and O–H groups in total. The number of hydrogen-bond donors (Lipinski definition) is 1. The number of rotatable bonds is 5. The Hall–Kier alpha value is -2.99. The molecule has 5 heteroatoms. The number of aliphatic hydroxyl groups excluding tert-OH is 1. The molecule has 1 saturated heterocycles. The minimum Gasteiger partial charge on any atom is -0.392 e. The second-order valence-electron chi connectivity index (χ2n) is 7.66. The molecular weight excluding hydrogens is 374 g/mol. The van der Waals surface area contributed by atoms with E-state index in [0.717, 1.165) is 55.3 Å². The highest BCUT2D eigenvalue weighted by molar-refractivity contribution is 5.70. The van der Waals surface area contributed by atoms with E-state index in [4.69, 9.17) is 9.72 Å². The maximum absolute atomic E-state index is 9.38. The molecule has 2 aromatic heterocycles. The standard InChI is InChI=1S/C25H25N3O2/c29-18-19-6-8-21(9-7-19)25-23(17-27-12-14-30-15-13-27)28-16-22(10-11-24(28)26-25)20-4-2-1-3-5-20/h1-11,16,29H,12-15,17-18H2. The number of morpholine rings is 1. The van der Waals surface area contributed by atoms with Crippen molar-refractivity contribution in [2.45, 2.75) is 13.2 Å². The lowest BCUT2D eigenvalue weighted by molar-refractivity contribution is 0.0336. The Morgan fingerprint density at radius 1 is 0.833 bits per heavy atom. The predicted octanol–water partition coefficient (Wildman–Crippen LogP) is 3.99. The molecule has 2 aromatic carbocycles. The van der Waals surface area contributed by atoms with Crippen LogP contribution in [0.1, 0.15) is 11.3 Å². The Kier molecular flexibility index (Phi) is 5.32. The summed E-state index contributed by atoms with van der Waals surface area (Å²) in [5.74, 6) is 0. The normalized spacial score (nSPS) is 15.0. The zero-order chi connectivity index (χ0) is 20.3. The van der Waals surface area contributed by atoms with Crippen molar-refractivity contribution in [3.8, 4) is 22.4 Å². The first-order valence-electron chi connectivity index (χ1n) is 10.4. The van der Waals surface area contributed by atoms with Crippen LogP contribution in [0.15, 0.2) is 72.9 Å². The number of nitrogens with zero attached hydrogens (tertiary/aromatic N) is 3. The number of benzene rings is 2. The highest BCUT2D eigenvalue weighted by Gasteiger charge is 2.19. The molecule has 0 aliphatic carbocycles. The number of aliphatic hydroxyl groups is 1. The van der Waals surface area contributed by atoms with Crippen molar-refractivity contribution in [2.24, 2.45) is 0 Å². The molecule has 5 rings (SSSR count). The minimum absolute atomic E-state index is 0.0481. The smallest absolute Gasteiger partial charge is 0.137 e. The molecule has 30 heavy (non-hydrogen) atoms. The Balaban J connectivity index is 1.62. The molecule has 0 amide bonds. The number of pyridine rings is 1. The van der Waals surface area contributed by atoms with E-state index in [0.29, 0.717) is 0 Å². The van der Waals surface area contributed by atoms with Crippen molar-refractivity contribution in [2.75, 3.05) is 26.3 Å². The predicted molar refractivity (Wildman–Crippen MR) is 118 cm³/mol. The van der Waals surface area contributed by atoms with Gasteiger partial charge in [0, 0.05) is 31.4 Å². The summed E-state index contributed by atoms with van der Waals surface area (Å²) in [6.45, 7) is 4.26. The quantitative estimate of drug-likeness (QED) is 0.551. The van der Waals surface area contributed by atoms with E-state index in [1.807, 2.05) is 30.3 Å². The van der Waals surface area contributed by atoms with Gasteiger partial charge in [0.1, 0.15) is 5.65 Å². The second-order valence-corrected chi connectivity index (χ2v) is 7.66. The van der Waals surface area contributed by atoms with E-state index in [1.165, 1.54) is 16.8 Å². The van der Waals surface area contributed by atoms with Crippen LogP contribution < -0.4 is 0 Å². The third-order valence-corrected chi connectivity index (χ3v) is 5.71. The van der Waals surface area contributed by atoms with Crippen LogP contribution in [0.4, 0.5) is 0 Å². The summed E-state index contributed by atoms with van der Waals surface area (Å²) in [5.41, 5.74) is 7.46. The number of fused-ring (bicyclic) bond motifs is 1. The molecule has 1 aliphatic rings. The Morgan fingerprint density at radius 3 is 2.30 bits per heavy atom. The fraction of sp³-hybridized carbons (Fsp3) is 0.240. The molecule has 0 saturated carbocycles. The molecule has 4 aromatic rings. The second kappa shape index (κ2) is 8.40. The van der Waals surface area contributed by atoms with Crippen molar-refractivity contribution in [1.82, 2.24) is 14.3 Å². The number of ether oxygens (including phenoxy) is 1. The fourth-order valence-electron chi connectivity index (χ4n) is 4.02. The summed E-state index contributed by atoms with van der Waals surface area (Å²) in [4.78, 5) is 7.41. The zero-order valence-corrected chi connectivity index (χ0v) is 16.9. The van der Waals surface area contributed by atoms with Crippen LogP contribution in [0.5, 0.6) is 0 Å². The summed E-state index contributed by atoms with van der Waals surface area (Å²) in [6, 6.07) is 22.7. The monoisotopic (exact) mass is 399 g/mol. The lowest BCUT2D eigenvalue weighted by atomic mass is 10.1. The van der Waals surface area contributed by atoms with Crippen LogP contribution >= 0.6 is 0 Å². The van der Waals surface area contributed by atoms with E-state index in [2.05, 4.69) is 51.9 Å². The van der Waals surface area contributed by atoms with Gasteiger partial charge in [-0.25, -0.2) is 4.98 Å². The van der Waals surface area contributed by atoms with Gasteiger partial charge < -0.3 is 14.2 Å². The van der Waals surface area contributed by atoms with Crippen molar-refractivity contribution in [3.05, 3.63) is 84.2 Å². The van der Waals surface area contributed by atoms with Gasteiger partial charge in [0.15, 0.2) is 0 Å². The van der Waals surface area contributed by atoms with Gasteiger partial charge in [-0.2, -0.15) is 0 Å². The number of aromatic nitrogens is 2. The average molecular weight is 399 g/mol. The van der Waals surface area contributed by atoms with E-state index < -0.39 is 0 Å². The Labute approximate surface area is 176 Å². The Bertz CT molecular complexity index is 1130. The van der Waals surface area contributed by atoms with Gasteiger partial charge in [-0.15, -0.1) is 0 Å². The van der Waals surface area contributed by atoms with Gasteiger partial charge in [0.2, 0.25) is 0 Å². The lowest BCUT2D eigenvalue weighted by Crippen LogP contribution is -2.36. The molecule has 3 heterocycles. The van der Waals surface area contributed by atoms with Crippen LogP contribution in [-0.4, -0.2) is 45.7 Å². The average Bonchev–Trinajstić information content (AvgIpc) is 3.18.